The van der Waals surface area contributed by atoms with Crippen molar-refractivity contribution in [2.75, 3.05) is 13.1 Å². The molecular weight excluding hydrogens is 282 g/mol. The van der Waals surface area contributed by atoms with E-state index in [4.69, 9.17) is 4.98 Å². The van der Waals surface area contributed by atoms with Crippen LogP contribution in [0, 0.1) is 0 Å². The predicted octanol–water partition coefficient (Wildman–Crippen LogP) is 4.21. The highest BCUT2D eigenvalue weighted by atomic mass is 15.0. The number of aromatic amines is 1. The zero-order chi connectivity index (χ0) is 15.5. The number of hydrogen-bond acceptors (Lipinski definition) is 2. The Kier molecular flexibility index (Phi) is 3.95. The van der Waals surface area contributed by atoms with Crippen molar-refractivity contribution in [1.82, 2.24) is 15.3 Å². The standard InChI is InChI=1S/C20H21N3/c1-3-7-15(8-4-1)18-19(16-9-5-2-6-10-16)23-20(22-18)17-11-13-21-14-12-17/h1-10,17,21H,11-14H2,(H,22,23). The number of benzene rings is 2. The van der Waals surface area contributed by atoms with Crippen molar-refractivity contribution < 1.29 is 0 Å². The molecule has 2 N–H and O–H groups in total. The fraction of sp³-hybridized carbons (Fsp3) is 0.250. The molecule has 0 radical (unpaired) electrons. The number of aromatic nitrogens is 2. The Balaban J connectivity index is 1.81. The first-order valence-electron chi connectivity index (χ1n) is 8.33. The summed E-state index contributed by atoms with van der Waals surface area (Å²) >= 11 is 0. The SMILES string of the molecule is c1ccc(-c2nc(C3CCNCC3)[nH]c2-c2ccccc2)cc1. The second-order valence-electron chi connectivity index (χ2n) is 6.10. The lowest BCUT2D eigenvalue weighted by molar-refractivity contribution is 0.447. The van der Waals surface area contributed by atoms with Crippen molar-refractivity contribution in [2.45, 2.75) is 18.8 Å². The van der Waals surface area contributed by atoms with E-state index < -0.39 is 0 Å². The molecule has 2 aromatic carbocycles. The number of H-pyrrole nitrogens is 1. The number of hydrogen-bond donors (Lipinski definition) is 2. The normalized spacial score (nSPS) is 15.7. The molecule has 3 aromatic rings. The highest BCUT2D eigenvalue weighted by Crippen LogP contribution is 2.33. The van der Waals surface area contributed by atoms with Gasteiger partial charge in [0, 0.05) is 17.0 Å². The van der Waals surface area contributed by atoms with Gasteiger partial charge in [-0.3, -0.25) is 0 Å². The van der Waals surface area contributed by atoms with Crippen molar-refractivity contribution in [2.24, 2.45) is 0 Å². The van der Waals surface area contributed by atoms with Gasteiger partial charge >= 0.3 is 0 Å². The minimum absolute atomic E-state index is 0.524. The van der Waals surface area contributed by atoms with Crippen LogP contribution in [0.3, 0.4) is 0 Å². The number of piperidine rings is 1. The van der Waals surface area contributed by atoms with Gasteiger partial charge in [-0.05, 0) is 25.9 Å². The molecule has 2 heterocycles. The highest BCUT2D eigenvalue weighted by Gasteiger charge is 2.21. The molecule has 0 aliphatic carbocycles. The third-order valence-corrected chi connectivity index (χ3v) is 4.56. The fourth-order valence-electron chi connectivity index (χ4n) is 3.30. The molecule has 116 valence electrons. The Hall–Kier alpha value is -2.39. The lowest BCUT2D eigenvalue weighted by atomic mass is 9.98. The molecule has 0 amide bonds. The first-order valence-corrected chi connectivity index (χ1v) is 8.33. The summed E-state index contributed by atoms with van der Waals surface area (Å²) in [6.45, 7) is 2.15. The van der Waals surface area contributed by atoms with Crippen LogP contribution in [0.25, 0.3) is 22.5 Å². The second-order valence-corrected chi connectivity index (χ2v) is 6.10. The van der Waals surface area contributed by atoms with Gasteiger partial charge in [0.25, 0.3) is 0 Å². The van der Waals surface area contributed by atoms with Crippen LogP contribution in [-0.2, 0) is 0 Å². The summed E-state index contributed by atoms with van der Waals surface area (Å²) < 4.78 is 0. The van der Waals surface area contributed by atoms with Gasteiger partial charge in [0.05, 0.1) is 11.4 Å². The van der Waals surface area contributed by atoms with Crippen LogP contribution in [0.1, 0.15) is 24.6 Å². The number of nitrogens with one attached hydrogen (secondary N) is 2. The van der Waals surface area contributed by atoms with Gasteiger partial charge in [0.1, 0.15) is 5.82 Å². The quantitative estimate of drug-likeness (QED) is 0.761. The lowest BCUT2D eigenvalue weighted by Crippen LogP contribution is -2.27. The summed E-state index contributed by atoms with van der Waals surface area (Å²) in [7, 11) is 0. The van der Waals surface area contributed by atoms with Crippen molar-refractivity contribution in [3.63, 3.8) is 0 Å². The first-order chi connectivity index (χ1) is 11.4. The molecule has 0 bridgehead atoms. The topological polar surface area (TPSA) is 40.7 Å². The summed E-state index contributed by atoms with van der Waals surface area (Å²) in [5.74, 6) is 1.65. The van der Waals surface area contributed by atoms with E-state index in [1.54, 1.807) is 0 Å². The van der Waals surface area contributed by atoms with Crippen LogP contribution in [0.5, 0.6) is 0 Å². The van der Waals surface area contributed by atoms with Gasteiger partial charge in [0.2, 0.25) is 0 Å². The minimum Gasteiger partial charge on any atom is -0.341 e. The summed E-state index contributed by atoms with van der Waals surface area (Å²) in [4.78, 5) is 8.62. The maximum Gasteiger partial charge on any atom is 0.110 e. The van der Waals surface area contributed by atoms with Crippen molar-refractivity contribution in [3.8, 4) is 22.5 Å². The van der Waals surface area contributed by atoms with Gasteiger partial charge in [-0.2, -0.15) is 0 Å². The van der Waals surface area contributed by atoms with Crippen LogP contribution in [0.4, 0.5) is 0 Å². The van der Waals surface area contributed by atoms with Gasteiger partial charge < -0.3 is 10.3 Å². The van der Waals surface area contributed by atoms with E-state index in [1.165, 1.54) is 11.1 Å². The Morgan fingerprint density at radius 3 is 2.04 bits per heavy atom. The largest absolute Gasteiger partial charge is 0.341 e. The van der Waals surface area contributed by atoms with Crippen LogP contribution < -0.4 is 5.32 Å². The third kappa shape index (κ3) is 2.92. The zero-order valence-electron chi connectivity index (χ0n) is 13.1. The molecule has 1 aliphatic rings. The molecule has 3 nitrogen and oxygen atoms in total. The van der Waals surface area contributed by atoms with Crippen molar-refractivity contribution >= 4 is 0 Å². The predicted molar refractivity (Wildman–Crippen MR) is 94.3 cm³/mol. The molecular formula is C20H21N3. The monoisotopic (exact) mass is 303 g/mol. The maximum absolute atomic E-state index is 5.00. The summed E-state index contributed by atoms with van der Waals surface area (Å²) in [5.41, 5.74) is 4.55. The van der Waals surface area contributed by atoms with E-state index in [-0.39, 0.29) is 0 Å². The Labute approximate surface area is 136 Å². The average molecular weight is 303 g/mol. The van der Waals surface area contributed by atoms with E-state index in [2.05, 4.69) is 64.9 Å². The molecule has 1 fully saturated rings. The Morgan fingerprint density at radius 2 is 1.39 bits per heavy atom. The molecule has 0 spiro atoms. The fourth-order valence-corrected chi connectivity index (χ4v) is 3.30. The summed E-state index contributed by atoms with van der Waals surface area (Å²) in [6, 6.07) is 21.0. The molecule has 0 saturated carbocycles. The lowest BCUT2D eigenvalue weighted by Gasteiger charge is -2.20. The molecule has 0 unspecified atom stereocenters. The minimum atomic E-state index is 0.524. The molecule has 4 rings (SSSR count). The first kappa shape index (κ1) is 14.2. The molecule has 1 saturated heterocycles. The van der Waals surface area contributed by atoms with Crippen molar-refractivity contribution in [1.29, 1.82) is 0 Å². The van der Waals surface area contributed by atoms with Crippen LogP contribution in [-0.4, -0.2) is 23.1 Å². The number of imidazole rings is 1. The van der Waals surface area contributed by atoms with Crippen LogP contribution in [0.2, 0.25) is 0 Å². The van der Waals surface area contributed by atoms with Crippen molar-refractivity contribution in [3.05, 3.63) is 66.5 Å². The van der Waals surface area contributed by atoms with E-state index in [9.17, 15) is 0 Å². The van der Waals surface area contributed by atoms with E-state index in [1.807, 2.05) is 6.07 Å². The summed E-state index contributed by atoms with van der Waals surface area (Å²) in [6.07, 6.45) is 2.30. The van der Waals surface area contributed by atoms with Crippen LogP contribution >= 0.6 is 0 Å². The van der Waals surface area contributed by atoms with Gasteiger partial charge in [-0.1, -0.05) is 60.7 Å². The second kappa shape index (κ2) is 6.39. The van der Waals surface area contributed by atoms with Gasteiger partial charge in [-0.25, -0.2) is 4.98 Å². The van der Waals surface area contributed by atoms with E-state index >= 15 is 0 Å². The third-order valence-electron chi connectivity index (χ3n) is 4.56. The molecule has 0 atom stereocenters. The zero-order valence-corrected chi connectivity index (χ0v) is 13.1. The van der Waals surface area contributed by atoms with Gasteiger partial charge in [0.15, 0.2) is 0 Å². The average Bonchev–Trinajstić information content (AvgIpc) is 3.09. The highest BCUT2D eigenvalue weighted by molar-refractivity contribution is 5.78. The number of nitrogens with zero attached hydrogens (tertiary/aromatic N) is 1. The summed E-state index contributed by atoms with van der Waals surface area (Å²) in [5, 5.41) is 3.43. The van der Waals surface area contributed by atoms with E-state index in [0.717, 1.165) is 43.1 Å². The number of rotatable bonds is 3. The smallest absolute Gasteiger partial charge is 0.110 e. The maximum atomic E-state index is 5.00. The van der Waals surface area contributed by atoms with E-state index in [0.29, 0.717) is 5.92 Å². The molecule has 3 heteroatoms. The van der Waals surface area contributed by atoms with Crippen LogP contribution in [0.15, 0.2) is 60.7 Å². The molecule has 1 aromatic heterocycles. The Bertz CT molecular complexity index is 699. The molecule has 1 aliphatic heterocycles. The Morgan fingerprint density at radius 1 is 0.783 bits per heavy atom. The molecule has 23 heavy (non-hydrogen) atoms. The van der Waals surface area contributed by atoms with Gasteiger partial charge in [-0.15, -0.1) is 0 Å².